The molecule has 0 saturated carbocycles. The smallest absolute Gasteiger partial charge is 0.358 e. The second-order valence-corrected chi connectivity index (χ2v) is 8.40. The summed E-state index contributed by atoms with van der Waals surface area (Å²) in [7, 11) is 1.31. The van der Waals surface area contributed by atoms with Crippen LogP contribution in [0.4, 0.5) is 16.0 Å². The van der Waals surface area contributed by atoms with Crippen molar-refractivity contribution < 1.29 is 13.9 Å². The van der Waals surface area contributed by atoms with Crippen LogP contribution in [0.2, 0.25) is 5.02 Å². The highest BCUT2D eigenvalue weighted by molar-refractivity contribution is 6.31. The monoisotopic (exact) mass is 470 g/mol. The summed E-state index contributed by atoms with van der Waals surface area (Å²) in [5, 5.41) is 9.00. The van der Waals surface area contributed by atoms with Crippen molar-refractivity contribution in [1.29, 1.82) is 0 Å². The third kappa shape index (κ3) is 4.45. The zero-order valence-electron chi connectivity index (χ0n) is 18.8. The maximum absolute atomic E-state index is 13.6. The molecule has 3 aromatic rings. The van der Waals surface area contributed by atoms with E-state index in [-0.39, 0.29) is 16.8 Å². The first-order chi connectivity index (χ1) is 15.8. The lowest BCUT2D eigenvalue weighted by molar-refractivity contribution is 0.0593. The van der Waals surface area contributed by atoms with Crippen LogP contribution in [0, 0.1) is 19.7 Å². The number of esters is 1. The van der Waals surface area contributed by atoms with Crippen LogP contribution in [0.25, 0.3) is 11.3 Å². The summed E-state index contributed by atoms with van der Waals surface area (Å²) in [5.41, 5.74) is 3.58. The molecule has 0 spiro atoms. The highest BCUT2D eigenvalue weighted by Gasteiger charge is 2.28. The van der Waals surface area contributed by atoms with E-state index < -0.39 is 11.8 Å². The maximum Gasteiger partial charge on any atom is 0.358 e. The lowest BCUT2D eigenvalue weighted by Crippen LogP contribution is -2.53. The average molecular weight is 471 g/mol. The van der Waals surface area contributed by atoms with E-state index in [2.05, 4.69) is 41.6 Å². The number of aromatic nitrogens is 4. The van der Waals surface area contributed by atoms with E-state index in [0.29, 0.717) is 18.1 Å². The van der Waals surface area contributed by atoms with E-state index in [1.165, 1.54) is 19.4 Å². The second-order valence-electron chi connectivity index (χ2n) is 7.99. The molecule has 172 valence electrons. The summed E-state index contributed by atoms with van der Waals surface area (Å²) in [6.07, 6.45) is 3.02. The summed E-state index contributed by atoms with van der Waals surface area (Å²) >= 11 is 5.95. The Morgan fingerprint density at radius 1 is 1.15 bits per heavy atom. The van der Waals surface area contributed by atoms with Gasteiger partial charge in [-0.15, -0.1) is 10.2 Å². The third-order valence-corrected chi connectivity index (χ3v) is 6.23. The van der Waals surface area contributed by atoms with Crippen LogP contribution in [-0.4, -0.2) is 58.9 Å². The Balaban J connectivity index is 1.52. The van der Waals surface area contributed by atoms with Crippen molar-refractivity contribution in [2.45, 2.75) is 26.8 Å². The summed E-state index contributed by atoms with van der Waals surface area (Å²) in [4.78, 5) is 24.5. The zero-order valence-corrected chi connectivity index (χ0v) is 19.6. The number of hydrogen-bond donors (Lipinski definition) is 0. The molecule has 1 fully saturated rings. The minimum Gasteiger partial charge on any atom is -0.464 e. The van der Waals surface area contributed by atoms with Crippen molar-refractivity contribution in [3.63, 3.8) is 0 Å². The number of nitrogens with zero attached hydrogens (tertiary/aromatic N) is 6. The highest BCUT2D eigenvalue weighted by atomic mass is 35.5. The number of methoxy groups -OCH3 is 1. The Morgan fingerprint density at radius 3 is 2.58 bits per heavy atom. The summed E-state index contributed by atoms with van der Waals surface area (Å²) in [6.45, 7) is 8.26. The number of rotatable bonds is 4. The van der Waals surface area contributed by atoms with Crippen molar-refractivity contribution >= 4 is 29.2 Å². The fourth-order valence-electron chi connectivity index (χ4n) is 3.98. The van der Waals surface area contributed by atoms with Crippen LogP contribution in [0.5, 0.6) is 0 Å². The fourth-order valence-corrected chi connectivity index (χ4v) is 4.16. The first-order valence-electron chi connectivity index (χ1n) is 10.5. The summed E-state index contributed by atoms with van der Waals surface area (Å²) in [5.74, 6) is 0.555. The van der Waals surface area contributed by atoms with Crippen molar-refractivity contribution in [1.82, 2.24) is 20.2 Å². The molecular formula is C23H24ClFN6O2. The summed E-state index contributed by atoms with van der Waals surface area (Å²) < 4.78 is 18.2. The topological polar surface area (TPSA) is 84.3 Å². The molecule has 3 heterocycles. The van der Waals surface area contributed by atoms with Gasteiger partial charge in [-0.05, 0) is 50.1 Å². The van der Waals surface area contributed by atoms with E-state index in [1.54, 1.807) is 18.3 Å². The molecule has 0 radical (unpaired) electrons. The van der Waals surface area contributed by atoms with Crippen molar-refractivity contribution in [2.75, 3.05) is 36.5 Å². The molecule has 1 unspecified atom stereocenters. The SMILES string of the molecule is COC(=O)c1cnc(N2CCN(c3nnc(-c4ccc(F)c(Cl)c4)c(C)c3C)CC2C)cn1. The quantitative estimate of drug-likeness (QED) is 0.532. The number of piperazine rings is 1. The Hall–Kier alpha value is -3.33. The molecule has 2 aromatic heterocycles. The standard InChI is InChI=1S/C23H24ClFN6O2/c1-13-12-30(7-8-31(13)20-11-26-19(10-27-20)23(32)33-4)22-15(3)14(2)21(28-29-22)16-5-6-18(25)17(24)9-16/h5-6,9-11,13H,7-8,12H2,1-4H3. The zero-order chi connectivity index (χ0) is 23.7. The van der Waals surface area contributed by atoms with Gasteiger partial charge < -0.3 is 14.5 Å². The fraction of sp³-hybridized carbons (Fsp3) is 0.348. The number of carbonyl (C=O) groups excluding carboxylic acids is 1. The first kappa shape index (κ1) is 22.8. The van der Waals surface area contributed by atoms with Gasteiger partial charge in [0.2, 0.25) is 0 Å². The molecule has 0 bridgehead atoms. The van der Waals surface area contributed by atoms with Crippen molar-refractivity contribution in [2.24, 2.45) is 0 Å². The maximum atomic E-state index is 13.6. The average Bonchev–Trinajstić information content (AvgIpc) is 2.82. The van der Waals surface area contributed by atoms with Gasteiger partial charge in [-0.25, -0.2) is 19.2 Å². The van der Waals surface area contributed by atoms with Crippen LogP contribution >= 0.6 is 11.6 Å². The molecule has 0 amide bonds. The van der Waals surface area contributed by atoms with Gasteiger partial charge in [0.25, 0.3) is 0 Å². The van der Waals surface area contributed by atoms with Gasteiger partial charge in [-0.3, -0.25) is 0 Å². The largest absolute Gasteiger partial charge is 0.464 e. The van der Waals surface area contributed by atoms with Gasteiger partial charge in [-0.1, -0.05) is 11.6 Å². The van der Waals surface area contributed by atoms with Crippen molar-refractivity contribution in [3.8, 4) is 11.3 Å². The molecular weight excluding hydrogens is 447 g/mol. The van der Waals surface area contributed by atoms with E-state index in [1.807, 2.05) is 13.8 Å². The molecule has 1 atom stereocenters. The molecule has 10 heteroatoms. The Labute approximate surface area is 196 Å². The van der Waals surface area contributed by atoms with E-state index in [9.17, 15) is 9.18 Å². The number of anilines is 2. The van der Waals surface area contributed by atoms with Gasteiger partial charge in [0.05, 0.1) is 30.2 Å². The Morgan fingerprint density at radius 2 is 1.94 bits per heavy atom. The summed E-state index contributed by atoms with van der Waals surface area (Å²) in [6, 6.07) is 4.70. The van der Waals surface area contributed by atoms with Crippen LogP contribution in [0.3, 0.4) is 0 Å². The normalized spacial score (nSPS) is 16.1. The number of carbonyl (C=O) groups is 1. The third-order valence-electron chi connectivity index (χ3n) is 5.94. The molecule has 0 N–H and O–H groups in total. The molecule has 1 aliphatic heterocycles. The number of benzene rings is 1. The van der Waals surface area contributed by atoms with Gasteiger partial charge in [0.15, 0.2) is 11.5 Å². The van der Waals surface area contributed by atoms with Crippen LogP contribution in [0.15, 0.2) is 30.6 Å². The molecule has 1 aliphatic rings. The van der Waals surface area contributed by atoms with E-state index in [4.69, 9.17) is 11.6 Å². The van der Waals surface area contributed by atoms with Crippen LogP contribution in [0.1, 0.15) is 28.5 Å². The minimum atomic E-state index is -0.511. The molecule has 33 heavy (non-hydrogen) atoms. The minimum absolute atomic E-state index is 0.0584. The predicted octanol–water partition coefficient (Wildman–Crippen LogP) is 3.84. The molecule has 0 aliphatic carbocycles. The van der Waals surface area contributed by atoms with Gasteiger partial charge in [0.1, 0.15) is 11.6 Å². The number of hydrogen-bond acceptors (Lipinski definition) is 8. The highest BCUT2D eigenvalue weighted by Crippen LogP contribution is 2.31. The number of halogens is 2. The van der Waals surface area contributed by atoms with Crippen LogP contribution in [-0.2, 0) is 4.74 Å². The lowest BCUT2D eigenvalue weighted by Gasteiger charge is -2.41. The Kier molecular flexibility index (Phi) is 6.42. The molecule has 8 nitrogen and oxygen atoms in total. The lowest BCUT2D eigenvalue weighted by atomic mass is 10.0. The Bertz CT molecular complexity index is 1190. The van der Waals surface area contributed by atoms with E-state index >= 15 is 0 Å². The van der Waals surface area contributed by atoms with Gasteiger partial charge in [0, 0.05) is 31.2 Å². The van der Waals surface area contributed by atoms with Crippen LogP contribution < -0.4 is 9.80 Å². The molecule has 4 rings (SSSR count). The van der Waals surface area contributed by atoms with Gasteiger partial charge in [-0.2, -0.15) is 0 Å². The predicted molar refractivity (Wildman–Crippen MR) is 124 cm³/mol. The second kappa shape index (κ2) is 9.27. The van der Waals surface area contributed by atoms with Gasteiger partial charge >= 0.3 is 5.97 Å². The van der Waals surface area contributed by atoms with Crippen molar-refractivity contribution in [3.05, 3.63) is 58.3 Å². The number of ether oxygens (including phenoxy) is 1. The molecule has 1 aromatic carbocycles. The first-order valence-corrected chi connectivity index (χ1v) is 10.9. The van der Waals surface area contributed by atoms with E-state index in [0.717, 1.165) is 35.6 Å². The molecule has 1 saturated heterocycles.